The van der Waals surface area contributed by atoms with Crippen molar-refractivity contribution in [3.8, 4) is 0 Å². The molecule has 98 valence electrons. The number of nitrogens with one attached hydrogen (secondary N) is 1. The number of piperidine rings is 1. The van der Waals surface area contributed by atoms with Gasteiger partial charge in [-0.3, -0.25) is 0 Å². The van der Waals surface area contributed by atoms with Crippen LogP contribution in [0.4, 0.5) is 4.79 Å². The Bertz CT molecular complexity index is 254. The Kier molecular flexibility index (Phi) is 4.26. The monoisotopic (exact) mass is 240 g/mol. The summed E-state index contributed by atoms with van der Waals surface area (Å²) in [7, 11) is 0. The molecule has 1 aliphatic heterocycles. The van der Waals surface area contributed by atoms with E-state index in [0.29, 0.717) is 25.2 Å². The van der Waals surface area contributed by atoms with Gasteiger partial charge in [-0.2, -0.15) is 0 Å². The highest BCUT2D eigenvalue weighted by Gasteiger charge is 2.25. The molecule has 4 nitrogen and oxygen atoms in total. The van der Waals surface area contributed by atoms with Gasteiger partial charge in [0.15, 0.2) is 0 Å². The minimum absolute atomic E-state index is 0.531. The van der Waals surface area contributed by atoms with E-state index in [4.69, 9.17) is 5.11 Å². The highest BCUT2D eigenvalue weighted by molar-refractivity contribution is 5.65. The van der Waals surface area contributed by atoms with Crippen molar-refractivity contribution in [2.75, 3.05) is 13.1 Å². The molecular formula is C13H24N2O2. The van der Waals surface area contributed by atoms with E-state index < -0.39 is 6.09 Å². The predicted octanol–water partition coefficient (Wildman–Crippen LogP) is 2.30. The van der Waals surface area contributed by atoms with E-state index in [-0.39, 0.29) is 0 Å². The van der Waals surface area contributed by atoms with Gasteiger partial charge in [0.1, 0.15) is 0 Å². The van der Waals surface area contributed by atoms with Crippen LogP contribution in [0.3, 0.4) is 0 Å². The molecule has 0 aromatic rings. The summed E-state index contributed by atoms with van der Waals surface area (Å²) in [5.74, 6) is 0.891. The molecule has 0 radical (unpaired) electrons. The quantitative estimate of drug-likeness (QED) is 0.778. The van der Waals surface area contributed by atoms with Crippen LogP contribution in [-0.4, -0.2) is 41.3 Å². The fraction of sp³-hybridized carbons (Fsp3) is 0.923. The van der Waals surface area contributed by atoms with E-state index in [1.165, 1.54) is 30.6 Å². The Morgan fingerprint density at radius 1 is 1.06 bits per heavy atom. The highest BCUT2D eigenvalue weighted by Crippen LogP contribution is 2.24. The second kappa shape index (κ2) is 5.71. The van der Waals surface area contributed by atoms with E-state index in [2.05, 4.69) is 12.2 Å². The smallest absolute Gasteiger partial charge is 0.407 e. The summed E-state index contributed by atoms with van der Waals surface area (Å²) in [6, 6.07) is 1.21. The van der Waals surface area contributed by atoms with Crippen molar-refractivity contribution in [1.29, 1.82) is 0 Å². The van der Waals surface area contributed by atoms with Gasteiger partial charge >= 0.3 is 6.09 Å². The van der Waals surface area contributed by atoms with Crippen LogP contribution >= 0.6 is 0 Å². The molecule has 0 aromatic carbocycles. The SMILES string of the molecule is CC1CCC(NC2CCN(C(=O)O)CC2)CC1. The summed E-state index contributed by atoms with van der Waals surface area (Å²) >= 11 is 0. The zero-order valence-corrected chi connectivity index (χ0v) is 10.7. The molecule has 2 aliphatic rings. The van der Waals surface area contributed by atoms with Crippen molar-refractivity contribution in [2.45, 2.75) is 57.5 Å². The Hall–Kier alpha value is -0.770. The number of rotatable bonds is 2. The van der Waals surface area contributed by atoms with Gasteiger partial charge in [-0.05, 0) is 44.4 Å². The number of nitrogens with zero attached hydrogens (tertiary/aromatic N) is 1. The molecule has 17 heavy (non-hydrogen) atoms. The topological polar surface area (TPSA) is 52.6 Å². The number of hydrogen-bond donors (Lipinski definition) is 2. The molecule has 2 rings (SSSR count). The minimum Gasteiger partial charge on any atom is -0.465 e. The number of likely N-dealkylation sites (tertiary alicyclic amines) is 1. The number of carboxylic acid groups (broad SMARTS) is 1. The third kappa shape index (κ3) is 3.60. The standard InChI is InChI=1S/C13H24N2O2/c1-10-2-4-11(5-3-10)14-12-6-8-15(9-7-12)13(16)17/h10-12,14H,2-9H2,1H3,(H,16,17). The van der Waals surface area contributed by atoms with Gasteiger partial charge in [-0.1, -0.05) is 6.92 Å². The summed E-state index contributed by atoms with van der Waals surface area (Å²) < 4.78 is 0. The normalized spacial score (nSPS) is 31.5. The van der Waals surface area contributed by atoms with E-state index in [9.17, 15) is 4.79 Å². The van der Waals surface area contributed by atoms with Crippen LogP contribution in [0.2, 0.25) is 0 Å². The molecule has 0 unspecified atom stereocenters. The number of carbonyl (C=O) groups is 1. The van der Waals surface area contributed by atoms with Gasteiger partial charge in [-0.15, -0.1) is 0 Å². The van der Waals surface area contributed by atoms with Crippen LogP contribution < -0.4 is 5.32 Å². The fourth-order valence-electron chi connectivity index (χ4n) is 3.00. The average molecular weight is 240 g/mol. The fourth-order valence-corrected chi connectivity index (χ4v) is 3.00. The van der Waals surface area contributed by atoms with Crippen molar-refractivity contribution >= 4 is 6.09 Å². The summed E-state index contributed by atoms with van der Waals surface area (Å²) in [6.45, 7) is 3.72. The molecule has 1 amide bonds. The van der Waals surface area contributed by atoms with Crippen molar-refractivity contribution < 1.29 is 9.90 Å². The Morgan fingerprint density at radius 3 is 2.12 bits per heavy atom. The van der Waals surface area contributed by atoms with Gasteiger partial charge in [-0.25, -0.2) is 4.79 Å². The second-order valence-corrected chi connectivity index (χ2v) is 5.67. The molecule has 1 heterocycles. The lowest BCUT2D eigenvalue weighted by molar-refractivity contribution is 0.125. The lowest BCUT2D eigenvalue weighted by Gasteiger charge is -2.35. The molecule has 4 heteroatoms. The van der Waals surface area contributed by atoms with Crippen LogP contribution in [-0.2, 0) is 0 Å². The zero-order valence-electron chi connectivity index (χ0n) is 10.7. The van der Waals surface area contributed by atoms with E-state index in [0.717, 1.165) is 18.8 Å². The van der Waals surface area contributed by atoms with Crippen molar-refractivity contribution in [1.82, 2.24) is 10.2 Å². The van der Waals surface area contributed by atoms with E-state index >= 15 is 0 Å². The third-order valence-corrected chi connectivity index (χ3v) is 4.25. The molecular weight excluding hydrogens is 216 g/mol. The summed E-state index contributed by atoms with van der Waals surface area (Å²) in [5.41, 5.74) is 0. The number of hydrogen-bond acceptors (Lipinski definition) is 2. The van der Waals surface area contributed by atoms with Gasteiger partial charge in [0.25, 0.3) is 0 Å². The van der Waals surface area contributed by atoms with Crippen LogP contribution in [0.1, 0.15) is 45.4 Å². The Morgan fingerprint density at radius 2 is 1.59 bits per heavy atom. The average Bonchev–Trinajstić information content (AvgIpc) is 2.33. The maximum absolute atomic E-state index is 10.8. The molecule has 1 saturated carbocycles. The lowest BCUT2D eigenvalue weighted by atomic mass is 9.86. The third-order valence-electron chi connectivity index (χ3n) is 4.25. The summed E-state index contributed by atoms with van der Waals surface area (Å²) in [5, 5.41) is 12.6. The maximum Gasteiger partial charge on any atom is 0.407 e. The van der Waals surface area contributed by atoms with Crippen LogP contribution in [0.25, 0.3) is 0 Å². The van der Waals surface area contributed by atoms with E-state index in [1.807, 2.05) is 0 Å². The van der Waals surface area contributed by atoms with Gasteiger partial charge in [0.05, 0.1) is 0 Å². The van der Waals surface area contributed by atoms with Crippen molar-refractivity contribution in [3.63, 3.8) is 0 Å². The Balaban J connectivity index is 1.69. The van der Waals surface area contributed by atoms with Gasteiger partial charge in [0, 0.05) is 25.2 Å². The van der Waals surface area contributed by atoms with Crippen molar-refractivity contribution in [3.05, 3.63) is 0 Å². The van der Waals surface area contributed by atoms with Gasteiger partial charge < -0.3 is 15.3 Å². The highest BCUT2D eigenvalue weighted by atomic mass is 16.4. The summed E-state index contributed by atoms with van der Waals surface area (Å²) in [4.78, 5) is 12.3. The van der Waals surface area contributed by atoms with Crippen LogP contribution in [0.15, 0.2) is 0 Å². The second-order valence-electron chi connectivity index (χ2n) is 5.67. The molecule has 0 spiro atoms. The van der Waals surface area contributed by atoms with Crippen LogP contribution in [0, 0.1) is 5.92 Å². The molecule has 2 N–H and O–H groups in total. The van der Waals surface area contributed by atoms with Gasteiger partial charge in [0.2, 0.25) is 0 Å². The molecule has 1 aliphatic carbocycles. The predicted molar refractivity (Wildman–Crippen MR) is 67.2 cm³/mol. The molecule has 2 fully saturated rings. The first-order valence-electron chi connectivity index (χ1n) is 6.89. The first-order valence-corrected chi connectivity index (χ1v) is 6.89. The zero-order chi connectivity index (χ0) is 12.3. The largest absolute Gasteiger partial charge is 0.465 e. The first-order chi connectivity index (χ1) is 8.15. The van der Waals surface area contributed by atoms with Crippen LogP contribution in [0.5, 0.6) is 0 Å². The maximum atomic E-state index is 10.8. The number of amides is 1. The lowest BCUT2D eigenvalue weighted by Crippen LogP contribution is -2.48. The summed E-state index contributed by atoms with van der Waals surface area (Å²) in [6.07, 6.45) is 6.43. The van der Waals surface area contributed by atoms with E-state index in [1.54, 1.807) is 0 Å². The van der Waals surface area contributed by atoms with Crippen molar-refractivity contribution in [2.24, 2.45) is 5.92 Å². The molecule has 0 atom stereocenters. The molecule has 0 aromatic heterocycles. The molecule has 0 bridgehead atoms. The first kappa shape index (κ1) is 12.7. The minimum atomic E-state index is -0.769. The Labute approximate surface area is 103 Å². The molecule has 1 saturated heterocycles.